The molecule has 0 aliphatic heterocycles. The summed E-state index contributed by atoms with van der Waals surface area (Å²) in [5.74, 6) is -0.0556. The van der Waals surface area contributed by atoms with Crippen LogP contribution in [0.3, 0.4) is 0 Å². The first-order valence-electron chi connectivity index (χ1n) is 9.91. The molecule has 2 nitrogen and oxygen atoms in total. The molecule has 0 aromatic heterocycles. The van der Waals surface area contributed by atoms with Crippen molar-refractivity contribution < 1.29 is 9.53 Å². The highest BCUT2D eigenvalue weighted by molar-refractivity contribution is 5.69. The standard InChI is InChI=1S/C22H38O2/c1-3-5-6-7-8-9-10-11-12-13-14-15-16-17-18-19-20-21-22(23)24-4-2/h8-9,11-12,14-15H,3-7,10,13,16-21H2,1-2H3. The van der Waals surface area contributed by atoms with Crippen molar-refractivity contribution in [2.24, 2.45) is 0 Å². The van der Waals surface area contributed by atoms with Crippen LogP contribution >= 0.6 is 0 Å². The SMILES string of the molecule is CCCCCC=CCC=CCC=CCCCCCCC(=O)OCC. The maximum absolute atomic E-state index is 11.2. The smallest absolute Gasteiger partial charge is 0.305 e. The molecule has 0 heterocycles. The lowest BCUT2D eigenvalue weighted by Gasteiger charge is -2.01. The van der Waals surface area contributed by atoms with E-state index >= 15 is 0 Å². The number of carbonyl (C=O) groups is 1. The van der Waals surface area contributed by atoms with E-state index in [1.54, 1.807) is 0 Å². The summed E-state index contributed by atoms with van der Waals surface area (Å²) in [6.07, 6.45) is 27.1. The van der Waals surface area contributed by atoms with Crippen LogP contribution in [0.15, 0.2) is 36.5 Å². The lowest BCUT2D eigenvalue weighted by atomic mass is 10.1. The van der Waals surface area contributed by atoms with Gasteiger partial charge in [-0.05, 0) is 51.9 Å². The van der Waals surface area contributed by atoms with Gasteiger partial charge in [0.25, 0.3) is 0 Å². The minimum Gasteiger partial charge on any atom is -0.466 e. The molecule has 0 aliphatic rings. The Morgan fingerprint density at radius 2 is 1.25 bits per heavy atom. The topological polar surface area (TPSA) is 26.3 Å². The van der Waals surface area contributed by atoms with Crippen LogP contribution in [0.25, 0.3) is 0 Å². The summed E-state index contributed by atoms with van der Waals surface area (Å²) in [5, 5.41) is 0. The molecule has 0 atom stereocenters. The summed E-state index contributed by atoms with van der Waals surface area (Å²) < 4.78 is 4.91. The van der Waals surface area contributed by atoms with Gasteiger partial charge >= 0.3 is 5.97 Å². The molecule has 0 bridgehead atoms. The van der Waals surface area contributed by atoms with Crippen LogP contribution in [0.1, 0.15) is 90.9 Å². The molecule has 0 amide bonds. The molecule has 0 aromatic carbocycles. The fourth-order valence-corrected chi connectivity index (χ4v) is 2.41. The van der Waals surface area contributed by atoms with E-state index in [2.05, 4.69) is 43.4 Å². The highest BCUT2D eigenvalue weighted by atomic mass is 16.5. The zero-order chi connectivity index (χ0) is 17.7. The van der Waals surface area contributed by atoms with Crippen LogP contribution in [-0.2, 0) is 9.53 Å². The lowest BCUT2D eigenvalue weighted by molar-refractivity contribution is -0.143. The molecule has 0 radical (unpaired) electrons. The fraction of sp³-hybridized carbons (Fsp3) is 0.682. The van der Waals surface area contributed by atoms with Crippen molar-refractivity contribution in [3.8, 4) is 0 Å². The van der Waals surface area contributed by atoms with Crippen molar-refractivity contribution in [2.75, 3.05) is 6.61 Å². The van der Waals surface area contributed by atoms with Gasteiger partial charge in [-0.3, -0.25) is 4.79 Å². The largest absolute Gasteiger partial charge is 0.466 e. The van der Waals surface area contributed by atoms with E-state index in [4.69, 9.17) is 4.74 Å². The van der Waals surface area contributed by atoms with E-state index in [0.29, 0.717) is 13.0 Å². The number of allylic oxidation sites excluding steroid dienone is 6. The van der Waals surface area contributed by atoms with Crippen molar-refractivity contribution in [1.29, 1.82) is 0 Å². The number of unbranched alkanes of at least 4 members (excludes halogenated alkanes) is 7. The molecule has 24 heavy (non-hydrogen) atoms. The minimum atomic E-state index is -0.0556. The molecule has 0 saturated heterocycles. The van der Waals surface area contributed by atoms with E-state index in [0.717, 1.165) is 32.1 Å². The van der Waals surface area contributed by atoms with Gasteiger partial charge in [0.1, 0.15) is 0 Å². The number of hydrogen-bond acceptors (Lipinski definition) is 2. The fourth-order valence-electron chi connectivity index (χ4n) is 2.41. The van der Waals surface area contributed by atoms with Gasteiger partial charge in [0.05, 0.1) is 6.61 Å². The number of rotatable bonds is 16. The maximum atomic E-state index is 11.2. The molecule has 0 N–H and O–H groups in total. The second-order valence-electron chi connectivity index (χ2n) is 6.14. The molecule has 0 fully saturated rings. The predicted octanol–water partition coefficient (Wildman–Crippen LogP) is 6.92. The third-order valence-corrected chi connectivity index (χ3v) is 3.83. The number of ether oxygens (including phenoxy) is 1. The van der Waals surface area contributed by atoms with Crippen molar-refractivity contribution in [1.82, 2.24) is 0 Å². The predicted molar refractivity (Wildman–Crippen MR) is 105 cm³/mol. The summed E-state index contributed by atoms with van der Waals surface area (Å²) in [6, 6.07) is 0. The lowest BCUT2D eigenvalue weighted by Crippen LogP contribution is -2.02. The molecule has 138 valence electrons. The molecular weight excluding hydrogens is 296 g/mol. The highest BCUT2D eigenvalue weighted by Gasteiger charge is 1.99. The average Bonchev–Trinajstić information content (AvgIpc) is 2.58. The Kier molecular flexibility index (Phi) is 18.7. The Hall–Kier alpha value is -1.31. The number of esters is 1. The van der Waals surface area contributed by atoms with Gasteiger partial charge in [-0.25, -0.2) is 0 Å². The summed E-state index contributed by atoms with van der Waals surface area (Å²) in [7, 11) is 0. The van der Waals surface area contributed by atoms with Crippen LogP contribution in [-0.4, -0.2) is 12.6 Å². The normalized spacial score (nSPS) is 11.9. The molecule has 0 rings (SSSR count). The maximum Gasteiger partial charge on any atom is 0.305 e. The molecule has 0 saturated carbocycles. The van der Waals surface area contributed by atoms with Gasteiger partial charge in [-0.2, -0.15) is 0 Å². The first kappa shape index (κ1) is 22.7. The molecule has 0 aliphatic carbocycles. The Balaban J connectivity index is 3.31. The molecule has 0 unspecified atom stereocenters. The summed E-state index contributed by atoms with van der Waals surface area (Å²) >= 11 is 0. The van der Waals surface area contributed by atoms with Crippen LogP contribution in [0.5, 0.6) is 0 Å². The summed E-state index contributed by atoms with van der Waals surface area (Å²) in [6.45, 7) is 4.59. The monoisotopic (exact) mass is 334 g/mol. The van der Waals surface area contributed by atoms with Gasteiger partial charge in [-0.1, -0.05) is 69.1 Å². The zero-order valence-electron chi connectivity index (χ0n) is 16.0. The average molecular weight is 335 g/mol. The molecule has 2 heteroatoms. The van der Waals surface area contributed by atoms with Crippen LogP contribution in [0.2, 0.25) is 0 Å². The van der Waals surface area contributed by atoms with Crippen LogP contribution < -0.4 is 0 Å². The summed E-state index contributed by atoms with van der Waals surface area (Å²) in [5.41, 5.74) is 0. The first-order chi connectivity index (χ1) is 11.8. The zero-order valence-corrected chi connectivity index (χ0v) is 16.0. The van der Waals surface area contributed by atoms with Crippen LogP contribution in [0, 0.1) is 0 Å². The van der Waals surface area contributed by atoms with Gasteiger partial charge in [0.15, 0.2) is 0 Å². The second kappa shape index (κ2) is 19.7. The first-order valence-corrected chi connectivity index (χ1v) is 9.91. The van der Waals surface area contributed by atoms with Crippen molar-refractivity contribution in [3.63, 3.8) is 0 Å². The van der Waals surface area contributed by atoms with Crippen molar-refractivity contribution in [3.05, 3.63) is 36.5 Å². The quantitative estimate of drug-likeness (QED) is 0.174. The Labute approximate surface area is 150 Å². The van der Waals surface area contributed by atoms with E-state index in [-0.39, 0.29) is 5.97 Å². The van der Waals surface area contributed by atoms with Crippen LogP contribution in [0.4, 0.5) is 0 Å². The minimum absolute atomic E-state index is 0.0556. The van der Waals surface area contributed by atoms with E-state index in [1.807, 2.05) is 6.92 Å². The van der Waals surface area contributed by atoms with Gasteiger partial charge in [0.2, 0.25) is 0 Å². The molecule has 0 spiro atoms. The molecule has 0 aromatic rings. The van der Waals surface area contributed by atoms with E-state index < -0.39 is 0 Å². The third kappa shape index (κ3) is 18.7. The number of hydrogen-bond donors (Lipinski definition) is 0. The second-order valence-corrected chi connectivity index (χ2v) is 6.14. The van der Waals surface area contributed by atoms with Gasteiger partial charge in [-0.15, -0.1) is 0 Å². The Morgan fingerprint density at radius 3 is 1.83 bits per heavy atom. The van der Waals surface area contributed by atoms with E-state index in [9.17, 15) is 4.79 Å². The summed E-state index contributed by atoms with van der Waals surface area (Å²) in [4.78, 5) is 11.2. The number of carbonyl (C=O) groups excluding carboxylic acids is 1. The highest BCUT2D eigenvalue weighted by Crippen LogP contribution is 2.07. The van der Waals surface area contributed by atoms with E-state index in [1.165, 1.54) is 38.5 Å². The van der Waals surface area contributed by atoms with Crippen molar-refractivity contribution in [2.45, 2.75) is 90.9 Å². The molecular formula is C22H38O2. The third-order valence-electron chi connectivity index (χ3n) is 3.83. The van der Waals surface area contributed by atoms with Gasteiger partial charge < -0.3 is 4.74 Å². The van der Waals surface area contributed by atoms with Crippen molar-refractivity contribution >= 4 is 5.97 Å². The Morgan fingerprint density at radius 1 is 0.708 bits per heavy atom. The van der Waals surface area contributed by atoms with Gasteiger partial charge in [0, 0.05) is 6.42 Å². The Bertz CT molecular complexity index is 353.